The minimum absolute atomic E-state index is 0.00189. The lowest BCUT2D eigenvalue weighted by molar-refractivity contribution is 0.101. The highest BCUT2D eigenvalue weighted by Crippen LogP contribution is 2.22. The van der Waals surface area contributed by atoms with Gasteiger partial charge in [-0.1, -0.05) is 64.9 Å². The number of carbonyl (C=O) groups excluding carboxylic acids is 1. The molecule has 2 N–H and O–H groups in total. The molecule has 30 heavy (non-hydrogen) atoms. The molecule has 0 aliphatic rings. The zero-order valence-electron chi connectivity index (χ0n) is 16.3. The Balaban J connectivity index is 1.50. The number of aromatic nitrogens is 3. The predicted molar refractivity (Wildman–Crippen MR) is 114 cm³/mol. The second-order valence-corrected chi connectivity index (χ2v) is 6.66. The highest BCUT2D eigenvalue weighted by atomic mass is 16.5. The fraction of sp³-hybridized carbons (Fsp3) is 0.0870. The number of aromatic hydroxyl groups is 1. The van der Waals surface area contributed by atoms with Crippen LogP contribution in [-0.2, 0) is 6.54 Å². The molecule has 4 rings (SSSR count). The van der Waals surface area contributed by atoms with Gasteiger partial charge in [-0.25, -0.2) is 4.68 Å². The normalized spacial score (nSPS) is 10.6. The Morgan fingerprint density at radius 3 is 2.30 bits per heavy atom. The molecule has 1 aromatic heterocycles. The van der Waals surface area contributed by atoms with Gasteiger partial charge in [0.2, 0.25) is 0 Å². The van der Waals surface area contributed by atoms with Crippen molar-refractivity contribution in [1.82, 2.24) is 15.0 Å². The Bertz CT molecular complexity index is 1140. The number of nitrogens with one attached hydrogen (secondary N) is 1. The van der Waals surface area contributed by atoms with Gasteiger partial charge >= 0.3 is 0 Å². The number of benzene rings is 3. The summed E-state index contributed by atoms with van der Waals surface area (Å²) < 4.78 is 6.52. The van der Waals surface area contributed by atoms with E-state index in [1.165, 1.54) is 4.68 Å². The maximum atomic E-state index is 12.8. The molecule has 7 heteroatoms. The average Bonchev–Trinajstić information content (AvgIpc) is 3.15. The smallest absolute Gasteiger partial charge is 0.279 e. The van der Waals surface area contributed by atoms with Crippen molar-refractivity contribution in [2.45, 2.75) is 6.54 Å². The van der Waals surface area contributed by atoms with Crippen molar-refractivity contribution in [2.75, 3.05) is 12.4 Å². The first kappa shape index (κ1) is 19.2. The highest BCUT2D eigenvalue weighted by Gasteiger charge is 2.20. The Morgan fingerprint density at radius 1 is 0.967 bits per heavy atom. The second kappa shape index (κ2) is 8.48. The molecule has 0 unspecified atom stereocenters. The summed E-state index contributed by atoms with van der Waals surface area (Å²) in [4.78, 5) is 12.8. The molecule has 0 aliphatic carbocycles. The number of amides is 1. The first-order valence-corrected chi connectivity index (χ1v) is 9.36. The van der Waals surface area contributed by atoms with E-state index in [4.69, 9.17) is 4.74 Å². The van der Waals surface area contributed by atoms with Crippen molar-refractivity contribution in [1.29, 1.82) is 0 Å². The van der Waals surface area contributed by atoms with Gasteiger partial charge in [0.15, 0.2) is 5.69 Å². The van der Waals surface area contributed by atoms with Gasteiger partial charge in [-0.05, 0) is 41.0 Å². The van der Waals surface area contributed by atoms with Gasteiger partial charge in [-0.2, -0.15) is 0 Å². The summed E-state index contributed by atoms with van der Waals surface area (Å²) >= 11 is 0. The van der Waals surface area contributed by atoms with Crippen molar-refractivity contribution in [2.24, 2.45) is 0 Å². The molecule has 0 fully saturated rings. The molecule has 0 saturated carbocycles. The quantitative estimate of drug-likeness (QED) is 0.511. The van der Waals surface area contributed by atoms with Gasteiger partial charge in [-0.3, -0.25) is 4.79 Å². The van der Waals surface area contributed by atoms with E-state index in [0.717, 1.165) is 22.4 Å². The van der Waals surface area contributed by atoms with Crippen LogP contribution < -0.4 is 10.1 Å². The van der Waals surface area contributed by atoms with Gasteiger partial charge in [0.05, 0.1) is 13.7 Å². The van der Waals surface area contributed by atoms with Gasteiger partial charge in [0, 0.05) is 5.69 Å². The molecule has 4 aromatic rings. The molecule has 1 amide bonds. The van der Waals surface area contributed by atoms with Crippen molar-refractivity contribution >= 4 is 11.6 Å². The van der Waals surface area contributed by atoms with Crippen LogP contribution in [0.15, 0.2) is 78.9 Å². The van der Waals surface area contributed by atoms with Crippen LogP contribution >= 0.6 is 0 Å². The molecule has 3 aromatic carbocycles. The molecule has 1 heterocycles. The topological polar surface area (TPSA) is 89.3 Å². The van der Waals surface area contributed by atoms with Crippen molar-refractivity contribution in [3.05, 3.63) is 90.1 Å². The summed E-state index contributed by atoms with van der Waals surface area (Å²) in [6.45, 7) is 0.285. The zero-order valence-corrected chi connectivity index (χ0v) is 16.3. The first-order valence-electron chi connectivity index (χ1n) is 9.36. The van der Waals surface area contributed by atoms with E-state index >= 15 is 0 Å². The highest BCUT2D eigenvalue weighted by molar-refractivity contribution is 6.04. The number of methoxy groups -OCH3 is 1. The summed E-state index contributed by atoms with van der Waals surface area (Å²) in [5.74, 6) is -0.169. The summed E-state index contributed by atoms with van der Waals surface area (Å²) in [5, 5.41) is 20.4. The lowest BCUT2D eigenvalue weighted by Gasteiger charge is -2.09. The zero-order chi connectivity index (χ0) is 20.9. The number of rotatable bonds is 6. The number of anilines is 1. The SMILES string of the molecule is COc1ccc(Cn2nnc(O)c2C(=O)Nc2ccc(-c3ccccc3)cc2)cc1. The fourth-order valence-corrected chi connectivity index (χ4v) is 3.10. The van der Waals surface area contributed by atoms with Gasteiger partial charge in [0.1, 0.15) is 5.75 Å². The van der Waals surface area contributed by atoms with Crippen LogP contribution in [0.5, 0.6) is 11.6 Å². The number of hydrogen-bond acceptors (Lipinski definition) is 5. The number of carbonyl (C=O) groups is 1. The molecule has 0 bridgehead atoms. The maximum Gasteiger partial charge on any atom is 0.279 e. The standard InChI is InChI=1S/C23H20N4O3/c1-30-20-13-7-16(8-14-20)15-27-21(23(29)25-26-27)22(28)24-19-11-9-18(10-12-19)17-5-3-2-4-6-17/h2-14,29H,15H2,1H3,(H,24,28). The molecule has 0 spiro atoms. The average molecular weight is 400 g/mol. The monoisotopic (exact) mass is 400 g/mol. The number of ether oxygens (including phenoxy) is 1. The largest absolute Gasteiger partial charge is 0.497 e. The van der Waals surface area contributed by atoms with Crippen molar-refractivity contribution in [3.63, 3.8) is 0 Å². The van der Waals surface area contributed by atoms with Crippen LogP contribution in [-0.4, -0.2) is 33.1 Å². The lowest BCUT2D eigenvalue weighted by Crippen LogP contribution is -2.18. The maximum absolute atomic E-state index is 12.8. The van der Waals surface area contributed by atoms with Gasteiger partial charge in [-0.15, -0.1) is 0 Å². The predicted octanol–water partition coefficient (Wildman–Crippen LogP) is 3.96. The summed E-state index contributed by atoms with van der Waals surface area (Å²) in [6.07, 6.45) is 0. The third kappa shape index (κ3) is 4.15. The van der Waals surface area contributed by atoms with E-state index in [2.05, 4.69) is 15.6 Å². The van der Waals surface area contributed by atoms with E-state index in [1.54, 1.807) is 7.11 Å². The third-order valence-corrected chi connectivity index (χ3v) is 4.67. The van der Waals surface area contributed by atoms with Crippen molar-refractivity contribution in [3.8, 4) is 22.8 Å². The van der Waals surface area contributed by atoms with Crippen LogP contribution in [0.2, 0.25) is 0 Å². The summed E-state index contributed by atoms with van der Waals surface area (Å²) in [6, 6.07) is 24.8. The molecular weight excluding hydrogens is 380 g/mol. The van der Waals surface area contributed by atoms with E-state index in [1.807, 2.05) is 78.9 Å². The number of hydrogen-bond donors (Lipinski definition) is 2. The molecule has 150 valence electrons. The van der Waals surface area contributed by atoms with Crippen LogP contribution in [0, 0.1) is 0 Å². The molecule has 0 saturated heterocycles. The van der Waals surface area contributed by atoms with Gasteiger partial charge in [0.25, 0.3) is 11.8 Å². The fourth-order valence-electron chi connectivity index (χ4n) is 3.10. The summed E-state index contributed by atoms with van der Waals surface area (Å²) in [7, 11) is 1.60. The van der Waals surface area contributed by atoms with Crippen LogP contribution in [0.1, 0.15) is 16.1 Å². The molecule has 0 radical (unpaired) electrons. The van der Waals surface area contributed by atoms with Crippen molar-refractivity contribution < 1.29 is 14.6 Å². The van der Waals surface area contributed by atoms with Gasteiger partial charge < -0.3 is 15.2 Å². The minimum Gasteiger partial charge on any atom is -0.497 e. The molecule has 0 atom stereocenters. The Hall–Kier alpha value is -4.13. The van der Waals surface area contributed by atoms with Crippen LogP contribution in [0.25, 0.3) is 11.1 Å². The second-order valence-electron chi connectivity index (χ2n) is 6.66. The van der Waals surface area contributed by atoms with E-state index in [-0.39, 0.29) is 12.2 Å². The Kier molecular flexibility index (Phi) is 5.43. The minimum atomic E-state index is -0.488. The van der Waals surface area contributed by atoms with Crippen LogP contribution in [0.4, 0.5) is 5.69 Å². The Morgan fingerprint density at radius 2 is 1.63 bits per heavy atom. The molecule has 0 aliphatic heterocycles. The lowest BCUT2D eigenvalue weighted by atomic mass is 10.1. The van der Waals surface area contributed by atoms with E-state index in [9.17, 15) is 9.90 Å². The molecular formula is C23H20N4O3. The van der Waals surface area contributed by atoms with Crippen LogP contribution in [0.3, 0.4) is 0 Å². The Labute approximate surface area is 173 Å². The first-order chi connectivity index (χ1) is 14.6. The van der Waals surface area contributed by atoms with E-state index < -0.39 is 11.8 Å². The van der Waals surface area contributed by atoms with E-state index in [0.29, 0.717) is 5.69 Å². The summed E-state index contributed by atoms with van der Waals surface area (Å²) in [5.41, 5.74) is 3.63. The molecule has 7 nitrogen and oxygen atoms in total. The third-order valence-electron chi connectivity index (χ3n) is 4.67. The number of nitrogens with zero attached hydrogens (tertiary/aromatic N) is 3.